The van der Waals surface area contributed by atoms with Gasteiger partial charge in [0.2, 0.25) is 11.8 Å². The first-order chi connectivity index (χ1) is 20.4. The zero-order valence-electron chi connectivity index (χ0n) is 25.2. The maximum absolute atomic E-state index is 12.7. The summed E-state index contributed by atoms with van der Waals surface area (Å²) in [4.78, 5) is 53.0. The van der Waals surface area contributed by atoms with Crippen molar-refractivity contribution in [2.45, 2.75) is 116 Å². The zero-order chi connectivity index (χ0) is 29.9. The van der Waals surface area contributed by atoms with E-state index in [0.717, 1.165) is 101 Å². The fraction of sp³-hybridized carbons (Fsp3) is 0.625. The second-order valence-electron chi connectivity index (χ2n) is 11.4. The number of thiophene rings is 2. The van der Waals surface area contributed by atoms with Crippen molar-refractivity contribution >= 4 is 56.3 Å². The number of fused-ring (bicyclic) bond motifs is 2. The molecule has 4 rings (SSSR count). The zero-order valence-corrected chi connectivity index (χ0v) is 26.8. The Morgan fingerprint density at radius 1 is 0.548 bits per heavy atom. The lowest BCUT2D eigenvalue weighted by Gasteiger charge is -2.08. The molecule has 2 aromatic rings. The van der Waals surface area contributed by atoms with Crippen LogP contribution in [0.1, 0.15) is 131 Å². The molecule has 10 heteroatoms. The van der Waals surface area contributed by atoms with E-state index in [1.165, 1.54) is 22.6 Å². The summed E-state index contributed by atoms with van der Waals surface area (Å²) < 4.78 is 0. The topological polar surface area (TPSA) is 116 Å². The highest BCUT2D eigenvalue weighted by molar-refractivity contribution is 7.17. The Kier molecular flexibility index (Phi) is 12.4. The van der Waals surface area contributed by atoms with Gasteiger partial charge in [-0.15, -0.1) is 22.7 Å². The lowest BCUT2D eigenvalue weighted by molar-refractivity contribution is -0.117. The third-order valence-electron chi connectivity index (χ3n) is 8.31. The van der Waals surface area contributed by atoms with E-state index in [4.69, 9.17) is 0 Å². The Balaban J connectivity index is 1.14. The van der Waals surface area contributed by atoms with Crippen LogP contribution in [0.4, 0.5) is 10.0 Å². The molecule has 2 aliphatic rings. The van der Waals surface area contributed by atoms with Crippen LogP contribution in [0.15, 0.2) is 0 Å². The molecule has 0 bridgehead atoms. The van der Waals surface area contributed by atoms with Crippen molar-refractivity contribution in [3.63, 3.8) is 0 Å². The molecule has 2 aromatic heterocycles. The van der Waals surface area contributed by atoms with Gasteiger partial charge in [0.25, 0.3) is 11.8 Å². The molecule has 0 atom stereocenters. The SMILES string of the molecule is CNC(=O)c1c(NC(=O)CCCCCCCCC(=O)Nc2sc3c(c2C(=O)NC)CCCCC3)sc2c1CCCCC2. The van der Waals surface area contributed by atoms with Crippen molar-refractivity contribution in [1.82, 2.24) is 10.6 Å². The van der Waals surface area contributed by atoms with E-state index < -0.39 is 0 Å². The highest BCUT2D eigenvalue weighted by Crippen LogP contribution is 2.39. The highest BCUT2D eigenvalue weighted by atomic mass is 32.1. The summed E-state index contributed by atoms with van der Waals surface area (Å²) in [6.45, 7) is 0. The average molecular weight is 615 g/mol. The summed E-state index contributed by atoms with van der Waals surface area (Å²) in [6, 6.07) is 0. The van der Waals surface area contributed by atoms with Gasteiger partial charge in [-0.05, 0) is 75.3 Å². The Morgan fingerprint density at radius 2 is 0.929 bits per heavy atom. The largest absolute Gasteiger partial charge is 0.355 e. The van der Waals surface area contributed by atoms with Crippen LogP contribution in [0.3, 0.4) is 0 Å². The van der Waals surface area contributed by atoms with Gasteiger partial charge in [-0.3, -0.25) is 19.2 Å². The molecule has 0 radical (unpaired) electrons. The van der Waals surface area contributed by atoms with E-state index in [9.17, 15) is 19.2 Å². The molecule has 230 valence electrons. The van der Waals surface area contributed by atoms with Gasteiger partial charge in [-0.1, -0.05) is 38.5 Å². The van der Waals surface area contributed by atoms with Crippen LogP contribution in [-0.2, 0) is 35.3 Å². The molecule has 42 heavy (non-hydrogen) atoms. The molecule has 8 nitrogen and oxygen atoms in total. The summed E-state index contributed by atoms with van der Waals surface area (Å²) in [7, 11) is 3.28. The number of amides is 4. The van der Waals surface area contributed by atoms with Gasteiger partial charge in [0.1, 0.15) is 10.0 Å². The minimum Gasteiger partial charge on any atom is -0.355 e. The molecule has 2 heterocycles. The van der Waals surface area contributed by atoms with Crippen LogP contribution in [0.25, 0.3) is 0 Å². The lowest BCUT2D eigenvalue weighted by Crippen LogP contribution is -2.21. The van der Waals surface area contributed by atoms with Gasteiger partial charge >= 0.3 is 0 Å². The average Bonchev–Trinajstić information content (AvgIpc) is 3.26. The summed E-state index contributed by atoms with van der Waals surface area (Å²) in [5, 5.41) is 12.9. The van der Waals surface area contributed by atoms with Crippen molar-refractivity contribution in [1.29, 1.82) is 0 Å². The van der Waals surface area contributed by atoms with Crippen LogP contribution >= 0.6 is 22.7 Å². The van der Waals surface area contributed by atoms with E-state index in [1.807, 2.05) is 0 Å². The van der Waals surface area contributed by atoms with Crippen molar-refractivity contribution in [3.05, 3.63) is 32.0 Å². The predicted molar refractivity (Wildman–Crippen MR) is 172 cm³/mol. The second-order valence-corrected chi connectivity index (χ2v) is 13.6. The lowest BCUT2D eigenvalue weighted by atomic mass is 10.0. The first-order valence-corrected chi connectivity index (χ1v) is 17.4. The number of carbonyl (C=O) groups excluding carboxylic acids is 4. The fourth-order valence-corrected chi connectivity index (χ4v) is 8.65. The van der Waals surface area contributed by atoms with E-state index in [-0.39, 0.29) is 23.6 Å². The number of aryl methyl sites for hydroxylation is 2. The van der Waals surface area contributed by atoms with Crippen LogP contribution < -0.4 is 21.3 Å². The number of hydrogen-bond acceptors (Lipinski definition) is 6. The number of hydrogen-bond donors (Lipinski definition) is 4. The number of nitrogens with one attached hydrogen (secondary N) is 4. The van der Waals surface area contributed by atoms with E-state index >= 15 is 0 Å². The van der Waals surface area contributed by atoms with Crippen LogP contribution in [0, 0.1) is 0 Å². The Labute approximate surface area is 257 Å². The molecule has 0 unspecified atom stereocenters. The molecule has 0 saturated heterocycles. The molecular formula is C32H46N4O4S2. The number of rotatable bonds is 13. The highest BCUT2D eigenvalue weighted by Gasteiger charge is 2.26. The minimum atomic E-state index is -0.116. The first kappa shape index (κ1) is 32.2. The van der Waals surface area contributed by atoms with Crippen molar-refractivity contribution < 1.29 is 19.2 Å². The third kappa shape index (κ3) is 8.43. The van der Waals surface area contributed by atoms with Gasteiger partial charge in [0.15, 0.2) is 0 Å². The van der Waals surface area contributed by atoms with Crippen LogP contribution in [0.2, 0.25) is 0 Å². The van der Waals surface area contributed by atoms with Crippen molar-refractivity contribution in [3.8, 4) is 0 Å². The predicted octanol–water partition coefficient (Wildman–Crippen LogP) is 6.76. The monoisotopic (exact) mass is 614 g/mol. The van der Waals surface area contributed by atoms with Crippen LogP contribution in [0.5, 0.6) is 0 Å². The summed E-state index contributed by atoms with van der Waals surface area (Å²) >= 11 is 3.14. The molecular weight excluding hydrogens is 569 g/mol. The molecule has 0 fully saturated rings. The van der Waals surface area contributed by atoms with E-state index in [2.05, 4.69) is 21.3 Å². The maximum Gasteiger partial charge on any atom is 0.254 e. The summed E-state index contributed by atoms with van der Waals surface area (Å²) in [5.74, 6) is -0.295. The van der Waals surface area contributed by atoms with Crippen molar-refractivity contribution in [2.75, 3.05) is 24.7 Å². The van der Waals surface area contributed by atoms with E-state index in [1.54, 1.807) is 36.8 Å². The molecule has 4 N–H and O–H groups in total. The summed E-state index contributed by atoms with van der Waals surface area (Å²) in [6.07, 6.45) is 17.0. The molecule has 4 amide bonds. The molecule has 0 spiro atoms. The summed E-state index contributed by atoms with van der Waals surface area (Å²) in [5.41, 5.74) is 3.57. The van der Waals surface area contributed by atoms with Gasteiger partial charge in [-0.25, -0.2) is 0 Å². The second kappa shape index (κ2) is 16.2. The van der Waals surface area contributed by atoms with Gasteiger partial charge in [0, 0.05) is 36.7 Å². The fourth-order valence-electron chi connectivity index (χ4n) is 6.05. The van der Waals surface area contributed by atoms with Crippen LogP contribution in [-0.4, -0.2) is 37.7 Å². The third-order valence-corrected chi connectivity index (χ3v) is 10.7. The van der Waals surface area contributed by atoms with Gasteiger partial charge in [0.05, 0.1) is 11.1 Å². The molecule has 2 aliphatic carbocycles. The van der Waals surface area contributed by atoms with Gasteiger partial charge < -0.3 is 21.3 Å². The Hall–Kier alpha value is -2.72. The molecule has 0 saturated carbocycles. The van der Waals surface area contributed by atoms with Crippen molar-refractivity contribution in [2.24, 2.45) is 0 Å². The normalized spacial score (nSPS) is 14.6. The number of carbonyl (C=O) groups is 4. The minimum absolute atomic E-state index is 0.0322. The Bertz CT molecular complexity index is 1170. The smallest absolute Gasteiger partial charge is 0.254 e. The molecule has 0 aromatic carbocycles. The van der Waals surface area contributed by atoms with E-state index in [0.29, 0.717) is 34.0 Å². The first-order valence-electron chi connectivity index (χ1n) is 15.8. The number of anilines is 2. The quantitative estimate of drug-likeness (QED) is 0.147. The van der Waals surface area contributed by atoms with Gasteiger partial charge in [-0.2, -0.15) is 0 Å². The Morgan fingerprint density at radius 3 is 1.33 bits per heavy atom. The maximum atomic E-state index is 12.7. The standard InChI is InChI=1S/C32H46N4O4S2/c1-33-29(39)27-21-15-9-7-11-17-23(21)41-31(27)35-25(37)19-13-5-3-4-6-14-20-26(38)36-32-28(30(40)34-2)22-16-10-8-12-18-24(22)42-32/h3-20H2,1-2H3,(H,33,39)(H,34,40)(H,35,37)(H,36,38). The molecule has 0 aliphatic heterocycles. The number of unbranched alkanes of at least 4 members (excludes halogenated alkanes) is 5.